The summed E-state index contributed by atoms with van der Waals surface area (Å²) >= 11 is 0. The van der Waals surface area contributed by atoms with Crippen LogP contribution in [0.5, 0.6) is 0 Å². The van der Waals surface area contributed by atoms with Crippen LogP contribution >= 0.6 is 0 Å². The van der Waals surface area contributed by atoms with Crippen LogP contribution in [0.3, 0.4) is 0 Å². The standard InChI is InChI=1S/C11H18NO/c1-3-5-7-9-12(11-13)10-8-6-4-2/h5-8H,3-4,9-10H2,1-2H3. The Morgan fingerprint density at radius 1 is 1.00 bits per heavy atom. The molecule has 0 aromatic heterocycles. The lowest BCUT2D eigenvalue weighted by atomic mass is 10.3. The van der Waals surface area contributed by atoms with E-state index in [9.17, 15) is 4.79 Å². The zero-order valence-corrected chi connectivity index (χ0v) is 8.49. The molecule has 0 aromatic carbocycles. The molecule has 0 fully saturated rings. The molecule has 0 heterocycles. The van der Waals surface area contributed by atoms with E-state index < -0.39 is 0 Å². The first kappa shape index (κ1) is 11.9. The van der Waals surface area contributed by atoms with E-state index in [1.807, 2.05) is 30.7 Å². The first-order chi connectivity index (χ1) is 6.35. The van der Waals surface area contributed by atoms with Crippen LogP contribution in [-0.4, -0.2) is 24.4 Å². The monoisotopic (exact) mass is 180 g/mol. The lowest BCUT2D eigenvalue weighted by Crippen LogP contribution is -2.21. The van der Waals surface area contributed by atoms with E-state index in [-0.39, 0.29) is 0 Å². The molecule has 13 heavy (non-hydrogen) atoms. The molecule has 2 heteroatoms. The number of hydrogen-bond acceptors (Lipinski definition) is 1. The SMILES string of the molecule is CCC=CCN([C]=O)CC=CCC. The number of amides is 1. The summed E-state index contributed by atoms with van der Waals surface area (Å²) in [6.45, 7) is 5.46. The maximum absolute atomic E-state index is 10.4. The van der Waals surface area contributed by atoms with Crippen molar-refractivity contribution in [3.8, 4) is 0 Å². The molecule has 0 aliphatic rings. The summed E-state index contributed by atoms with van der Waals surface area (Å²) in [6.07, 6.45) is 12.0. The van der Waals surface area contributed by atoms with Crippen LogP contribution in [0.25, 0.3) is 0 Å². The maximum atomic E-state index is 10.4. The molecule has 0 aliphatic carbocycles. The van der Waals surface area contributed by atoms with Crippen molar-refractivity contribution in [2.24, 2.45) is 0 Å². The van der Waals surface area contributed by atoms with Crippen molar-refractivity contribution in [2.75, 3.05) is 13.1 Å². The van der Waals surface area contributed by atoms with Gasteiger partial charge >= 0.3 is 6.41 Å². The minimum Gasteiger partial charge on any atom is -0.327 e. The molecular formula is C11H18NO. The molecule has 0 aromatic rings. The highest BCUT2D eigenvalue weighted by molar-refractivity contribution is 5.48. The molecule has 0 atom stereocenters. The third kappa shape index (κ3) is 7.32. The highest BCUT2D eigenvalue weighted by Gasteiger charge is 1.94. The van der Waals surface area contributed by atoms with E-state index in [2.05, 4.69) is 13.8 Å². The van der Waals surface area contributed by atoms with Crippen LogP contribution in [0.1, 0.15) is 26.7 Å². The fraction of sp³-hybridized carbons (Fsp3) is 0.545. The molecule has 0 spiro atoms. The Bertz CT molecular complexity index is 157. The average Bonchev–Trinajstić information content (AvgIpc) is 2.16. The lowest BCUT2D eigenvalue weighted by molar-refractivity contribution is 0.436. The van der Waals surface area contributed by atoms with Crippen LogP contribution in [0.15, 0.2) is 24.3 Å². The Labute approximate surface area is 80.9 Å². The number of carbonyl (C=O) groups excluding carboxylic acids is 1. The molecule has 0 unspecified atom stereocenters. The summed E-state index contributed by atoms with van der Waals surface area (Å²) in [5.41, 5.74) is 0. The van der Waals surface area contributed by atoms with E-state index in [0.29, 0.717) is 13.1 Å². The molecule has 1 amide bonds. The topological polar surface area (TPSA) is 20.3 Å². The second-order valence-electron chi connectivity index (χ2n) is 2.76. The fourth-order valence-electron chi connectivity index (χ4n) is 0.886. The minimum absolute atomic E-state index is 0.658. The smallest absolute Gasteiger partial charge is 0.312 e. The second kappa shape index (κ2) is 9.04. The fourth-order valence-corrected chi connectivity index (χ4v) is 0.886. The number of rotatable bonds is 7. The minimum atomic E-state index is 0.658. The quantitative estimate of drug-likeness (QED) is 0.435. The first-order valence-corrected chi connectivity index (χ1v) is 4.77. The Hall–Kier alpha value is -1.05. The van der Waals surface area contributed by atoms with Gasteiger partial charge < -0.3 is 4.90 Å². The Morgan fingerprint density at radius 2 is 1.46 bits per heavy atom. The van der Waals surface area contributed by atoms with Gasteiger partial charge in [0.05, 0.1) is 0 Å². The summed E-state index contributed by atoms with van der Waals surface area (Å²) in [6, 6.07) is 0. The van der Waals surface area contributed by atoms with Crippen molar-refractivity contribution < 1.29 is 4.79 Å². The van der Waals surface area contributed by atoms with Crippen LogP contribution in [-0.2, 0) is 4.79 Å². The van der Waals surface area contributed by atoms with Gasteiger partial charge in [0.2, 0.25) is 0 Å². The van der Waals surface area contributed by atoms with Gasteiger partial charge in [0, 0.05) is 13.1 Å². The molecule has 73 valence electrons. The molecule has 0 rings (SSSR count). The van der Waals surface area contributed by atoms with Crippen LogP contribution in [0.4, 0.5) is 0 Å². The van der Waals surface area contributed by atoms with Crippen molar-refractivity contribution in [1.29, 1.82) is 0 Å². The predicted molar refractivity (Wildman–Crippen MR) is 56.1 cm³/mol. The molecule has 0 saturated heterocycles. The molecule has 0 N–H and O–H groups in total. The highest BCUT2D eigenvalue weighted by Crippen LogP contribution is 1.88. The average molecular weight is 180 g/mol. The van der Waals surface area contributed by atoms with E-state index in [4.69, 9.17) is 0 Å². The third-order valence-electron chi connectivity index (χ3n) is 1.59. The lowest BCUT2D eigenvalue weighted by Gasteiger charge is -2.10. The summed E-state index contributed by atoms with van der Waals surface area (Å²) in [5, 5.41) is 0. The van der Waals surface area contributed by atoms with Gasteiger partial charge in [0.25, 0.3) is 0 Å². The van der Waals surface area contributed by atoms with Gasteiger partial charge in [-0.25, -0.2) is 0 Å². The first-order valence-electron chi connectivity index (χ1n) is 4.77. The van der Waals surface area contributed by atoms with Crippen molar-refractivity contribution in [2.45, 2.75) is 26.7 Å². The Balaban J connectivity index is 3.69. The van der Waals surface area contributed by atoms with Gasteiger partial charge in [0.1, 0.15) is 0 Å². The zero-order chi connectivity index (χ0) is 9.94. The summed E-state index contributed by atoms with van der Waals surface area (Å²) in [7, 11) is 0. The van der Waals surface area contributed by atoms with E-state index >= 15 is 0 Å². The van der Waals surface area contributed by atoms with Crippen LogP contribution < -0.4 is 0 Å². The normalized spacial score (nSPS) is 11.2. The summed E-state index contributed by atoms with van der Waals surface area (Å²) < 4.78 is 0. The maximum Gasteiger partial charge on any atom is 0.312 e. The van der Waals surface area contributed by atoms with Gasteiger partial charge in [-0.3, -0.25) is 4.79 Å². The molecule has 1 radical (unpaired) electrons. The van der Waals surface area contributed by atoms with Gasteiger partial charge in [-0.1, -0.05) is 38.2 Å². The van der Waals surface area contributed by atoms with E-state index in [1.54, 1.807) is 4.90 Å². The van der Waals surface area contributed by atoms with E-state index in [0.717, 1.165) is 12.8 Å². The van der Waals surface area contributed by atoms with Crippen LogP contribution in [0.2, 0.25) is 0 Å². The molecule has 0 bridgehead atoms. The highest BCUT2D eigenvalue weighted by atomic mass is 16.1. The Morgan fingerprint density at radius 3 is 1.77 bits per heavy atom. The van der Waals surface area contributed by atoms with Crippen molar-refractivity contribution in [1.82, 2.24) is 4.90 Å². The largest absolute Gasteiger partial charge is 0.327 e. The van der Waals surface area contributed by atoms with Gasteiger partial charge in [-0.15, -0.1) is 0 Å². The van der Waals surface area contributed by atoms with Crippen LogP contribution in [0, 0.1) is 0 Å². The van der Waals surface area contributed by atoms with Crippen molar-refractivity contribution in [3.63, 3.8) is 0 Å². The van der Waals surface area contributed by atoms with E-state index in [1.165, 1.54) is 0 Å². The van der Waals surface area contributed by atoms with Gasteiger partial charge in [-0.2, -0.15) is 0 Å². The summed E-state index contributed by atoms with van der Waals surface area (Å²) in [4.78, 5) is 12.0. The Kier molecular flexibility index (Phi) is 8.31. The predicted octanol–water partition coefficient (Wildman–Crippen LogP) is 2.29. The second-order valence-corrected chi connectivity index (χ2v) is 2.76. The number of allylic oxidation sites excluding steroid dienone is 2. The number of hydrogen-bond donors (Lipinski definition) is 0. The summed E-state index contributed by atoms with van der Waals surface area (Å²) in [5.74, 6) is 0. The zero-order valence-electron chi connectivity index (χ0n) is 8.49. The van der Waals surface area contributed by atoms with Gasteiger partial charge in [-0.05, 0) is 12.8 Å². The molecular weight excluding hydrogens is 162 g/mol. The van der Waals surface area contributed by atoms with Crippen molar-refractivity contribution >= 4 is 6.41 Å². The third-order valence-corrected chi connectivity index (χ3v) is 1.59. The van der Waals surface area contributed by atoms with Crippen molar-refractivity contribution in [3.05, 3.63) is 24.3 Å². The molecule has 0 saturated carbocycles. The molecule has 2 nitrogen and oxygen atoms in total. The number of nitrogens with zero attached hydrogens (tertiary/aromatic N) is 1. The molecule has 0 aliphatic heterocycles. The van der Waals surface area contributed by atoms with Gasteiger partial charge in [0.15, 0.2) is 0 Å².